The topological polar surface area (TPSA) is 94.8 Å². The van der Waals surface area contributed by atoms with Crippen molar-refractivity contribution in [2.75, 3.05) is 19.0 Å². The summed E-state index contributed by atoms with van der Waals surface area (Å²) in [6.07, 6.45) is 2.94. The molecule has 11 heteroatoms. The molecule has 0 spiro atoms. The summed E-state index contributed by atoms with van der Waals surface area (Å²) in [5.74, 6) is 0.983. The van der Waals surface area contributed by atoms with Crippen molar-refractivity contribution in [1.82, 2.24) is 9.66 Å². The third kappa shape index (κ3) is 6.33. The maximum atomic E-state index is 13.3. The summed E-state index contributed by atoms with van der Waals surface area (Å²) in [7, 11) is 1.50. The van der Waals surface area contributed by atoms with E-state index in [2.05, 4.69) is 63.2 Å². The van der Waals surface area contributed by atoms with Crippen LogP contribution in [0.1, 0.15) is 24.7 Å². The number of carbonyl (C=O) groups is 1. The third-order valence-corrected chi connectivity index (χ3v) is 8.08. The minimum atomic E-state index is -0.315. The normalized spacial score (nSPS) is 11.2. The molecule has 0 unspecified atom stereocenters. The fourth-order valence-electron chi connectivity index (χ4n) is 3.66. The van der Waals surface area contributed by atoms with E-state index in [1.165, 1.54) is 11.8 Å². The van der Waals surface area contributed by atoms with Gasteiger partial charge in [0.1, 0.15) is 5.82 Å². The molecule has 38 heavy (non-hydrogen) atoms. The number of fused-ring (bicyclic) bond motifs is 1. The number of ether oxygens (including phenoxy) is 2. The van der Waals surface area contributed by atoms with E-state index in [0.717, 1.165) is 10.9 Å². The first kappa shape index (κ1) is 28.0. The zero-order chi connectivity index (χ0) is 27.2. The Morgan fingerprint density at radius 2 is 1.87 bits per heavy atom. The number of benzene rings is 3. The van der Waals surface area contributed by atoms with Gasteiger partial charge in [-0.3, -0.25) is 9.59 Å². The third-order valence-electron chi connectivity index (χ3n) is 5.44. The van der Waals surface area contributed by atoms with E-state index in [1.54, 1.807) is 30.5 Å². The predicted octanol–water partition coefficient (Wildman–Crippen LogP) is 6.54. The van der Waals surface area contributed by atoms with E-state index in [-0.39, 0.29) is 18.1 Å². The highest BCUT2D eigenvalue weighted by Crippen LogP contribution is 2.42. The number of para-hydroxylation sites is 1. The van der Waals surface area contributed by atoms with Gasteiger partial charge in [-0.1, -0.05) is 41.1 Å². The number of rotatable bonds is 9. The maximum absolute atomic E-state index is 13.3. The second-order valence-electron chi connectivity index (χ2n) is 8.13. The highest BCUT2D eigenvalue weighted by molar-refractivity contribution is 9.13. The number of nitrogens with one attached hydrogen (secondary N) is 1. The number of nitrogens with zero attached hydrogens (tertiary/aromatic N) is 3. The van der Waals surface area contributed by atoms with E-state index in [0.29, 0.717) is 54.8 Å². The lowest BCUT2D eigenvalue weighted by atomic mass is 10.2. The van der Waals surface area contributed by atoms with Crippen LogP contribution in [0.5, 0.6) is 11.5 Å². The summed E-state index contributed by atoms with van der Waals surface area (Å²) in [5, 5.41) is 7.73. The molecule has 0 bridgehead atoms. The Kier molecular flexibility index (Phi) is 9.35. The Morgan fingerprint density at radius 3 is 2.58 bits per heavy atom. The molecule has 4 aromatic rings. The predicted molar refractivity (Wildman–Crippen MR) is 160 cm³/mol. The van der Waals surface area contributed by atoms with Gasteiger partial charge in [-0.25, -0.2) is 4.98 Å². The SMILES string of the molecule is CCCc1nc2ccc(Br)cc2c(=O)n1N=Cc1cc(OC)c(OCC(=O)Nc2ccccc2)c(Br)c1Br. The molecule has 1 aromatic heterocycles. The maximum Gasteiger partial charge on any atom is 0.282 e. The molecule has 8 nitrogen and oxygen atoms in total. The smallest absolute Gasteiger partial charge is 0.282 e. The minimum Gasteiger partial charge on any atom is -0.493 e. The number of anilines is 1. The largest absolute Gasteiger partial charge is 0.493 e. The Morgan fingerprint density at radius 1 is 1.11 bits per heavy atom. The molecule has 0 radical (unpaired) electrons. The molecule has 1 amide bonds. The van der Waals surface area contributed by atoms with Crippen LogP contribution in [-0.2, 0) is 11.2 Å². The fourth-order valence-corrected chi connectivity index (χ4v) is 4.96. The number of hydrogen-bond donors (Lipinski definition) is 1. The Bertz CT molecular complexity index is 1570. The zero-order valence-electron chi connectivity index (χ0n) is 20.5. The van der Waals surface area contributed by atoms with Gasteiger partial charge in [-0.2, -0.15) is 9.78 Å². The highest BCUT2D eigenvalue weighted by atomic mass is 79.9. The average Bonchev–Trinajstić information content (AvgIpc) is 2.91. The van der Waals surface area contributed by atoms with Crippen LogP contribution in [0.3, 0.4) is 0 Å². The van der Waals surface area contributed by atoms with Crippen molar-refractivity contribution in [3.63, 3.8) is 0 Å². The van der Waals surface area contributed by atoms with Crippen LogP contribution in [0.25, 0.3) is 10.9 Å². The molecule has 1 N–H and O–H groups in total. The summed E-state index contributed by atoms with van der Waals surface area (Å²) in [6.45, 7) is 1.79. The minimum absolute atomic E-state index is 0.224. The van der Waals surface area contributed by atoms with Gasteiger partial charge < -0.3 is 14.8 Å². The van der Waals surface area contributed by atoms with Gasteiger partial charge in [0, 0.05) is 26.6 Å². The van der Waals surface area contributed by atoms with Crippen molar-refractivity contribution >= 4 is 76.5 Å². The summed E-state index contributed by atoms with van der Waals surface area (Å²) >= 11 is 10.5. The van der Waals surface area contributed by atoms with Crippen LogP contribution in [0, 0.1) is 0 Å². The van der Waals surface area contributed by atoms with Crippen LogP contribution in [-0.4, -0.2) is 35.5 Å². The lowest BCUT2D eigenvalue weighted by molar-refractivity contribution is -0.118. The van der Waals surface area contributed by atoms with Crippen LogP contribution < -0.4 is 20.3 Å². The molecule has 0 saturated carbocycles. The molecule has 0 aliphatic rings. The second-order valence-corrected chi connectivity index (χ2v) is 10.6. The molecule has 196 valence electrons. The Labute approximate surface area is 244 Å². The molecule has 0 fully saturated rings. The van der Waals surface area contributed by atoms with Crippen LogP contribution in [0.2, 0.25) is 0 Å². The number of aryl methyl sites for hydroxylation is 1. The van der Waals surface area contributed by atoms with Crippen molar-refractivity contribution in [3.8, 4) is 11.5 Å². The van der Waals surface area contributed by atoms with Gasteiger partial charge in [0.05, 0.1) is 28.7 Å². The standard InChI is InChI=1S/C27H23Br3N4O4/c1-3-7-22-33-20-11-10-17(28)13-19(20)27(36)34(22)31-14-16-12-21(37-2)26(25(30)24(16)29)38-15-23(35)32-18-8-5-4-6-9-18/h4-6,8-14H,3,7,15H2,1-2H3,(H,32,35). The molecule has 4 rings (SSSR count). The lowest BCUT2D eigenvalue weighted by Gasteiger charge is -2.15. The van der Waals surface area contributed by atoms with E-state index in [1.807, 2.05) is 37.3 Å². The molecule has 3 aromatic carbocycles. The average molecular weight is 707 g/mol. The quantitative estimate of drug-likeness (QED) is 0.200. The molecule has 0 aliphatic heterocycles. The van der Waals surface area contributed by atoms with Crippen molar-refractivity contribution < 1.29 is 14.3 Å². The van der Waals surface area contributed by atoms with Gasteiger partial charge in [-0.15, -0.1) is 0 Å². The van der Waals surface area contributed by atoms with E-state index >= 15 is 0 Å². The van der Waals surface area contributed by atoms with Gasteiger partial charge in [0.15, 0.2) is 18.1 Å². The zero-order valence-corrected chi connectivity index (χ0v) is 25.3. The van der Waals surface area contributed by atoms with Gasteiger partial charge in [0.2, 0.25) is 0 Å². The van der Waals surface area contributed by atoms with Gasteiger partial charge in [0.25, 0.3) is 11.5 Å². The number of carbonyl (C=O) groups excluding carboxylic acids is 1. The van der Waals surface area contributed by atoms with Crippen LogP contribution >= 0.6 is 47.8 Å². The van der Waals surface area contributed by atoms with Gasteiger partial charge in [-0.05, 0) is 74.7 Å². The van der Waals surface area contributed by atoms with Crippen molar-refractivity contribution in [1.29, 1.82) is 0 Å². The number of amides is 1. The summed E-state index contributed by atoms with van der Waals surface area (Å²) in [4.78, 5) is 30.3. The van der Waals surface area contributed by atoms with E-state index in [4.69, 9.17) is 9.47 Å². The first-order chi connectivity index (χ1) is 18.3. The Balaban J connectivity index is 1.64. The molecular weight excluding hydrogens is 684 g/mol. The lowest BCUT2D eigenvalue weighted by Crippen LogP contribution is -2.22. The van der Waals surface area contributed by atoms with Crippen LogP contribution in [0.15, 0.2) is 77.9 Å². The van der Waals surface area contributed by atoms with E-state index < -0.39 is 0 Å². The first-order valence-electron chi connectivity index (χ1n) is 11.6. The summed E-state index contributed by atoms with van der Waals surface area (Å²) in [6, 6.07) is 16.2. The molecule has 1 heterocycles. The van der Waals surface area contributed by atoms with E-state index in [9.17, 15) is 9.59 Å². The molecule has 0 aliphatic carbocycles. The van der Waals surface area contributed by atoms with Crippen molar-refractivity contribution in [2.24, 2.45) is 5.10 Å². The second kappa shape index (κ2) is 12.7. The summed E-state index contributed by atoms with van der Waals surface area (Å²) < 4.78 is 14.6. The molecular formula is C27H23Br3N4O4. The molecule has 0 atom stereocenters. The number of halogens is 3. The highest BCUT2D eigenvalue weighted by Gasteiger charge is 2.18. The van der Waals surface area contributed by atoms with Crippen molar-refractivity contribution in [2.45, 2.75) is 19.8 Å². The van der Waals surface area contributed by atoms with Crippen molar-refractivity contribution in [3.05, 3.63) is 89.8 Å². The van der Waals surface area contributed by atoms with Crippen LogP contribution in [0.4, 0.5) is 5.69 Å². The monoisotopic (exact) mass is 704 g/mol. The number of hydrogen-bond acceptors (Lipinski definition) is 6. The Hall–Kier alpha value is -3.02. The summed E-state index contributed by atoms with van der Waals surface area (Å²) in [5.41, 5.74) is 1.66. The number of aromatic nitrogens is 2. The first-order valence-corrected chi connectivity index (χ1v) is 14.0. The number of methoxy groups -OCH3 is 1. The van der Waals surface area contributed by atoms with Gasteiger partial charge >= 0.3 is 0 Å². The molecule has 0 saturated heterocycles. The fraction of sp³-hybridized carbons (Fsp3) is 0.185.